The number of thioether (sulfide) groups is 1. The number of aromatic nitrogens is 2. The molecule has 6 heteroatoms. The molecule has 1 aromatic carbocycles. The number of hydrogen-bond donors (Lipinski definition) is 0. The molecule has 0 saturated carbocycles. The van der Waals surface area contributed by atoms with E-state index in [1.54, 1.807) is 11.8 Å². The largest absolute Gasteiger partial charge is 0.338 e. The zero-order valence-corrected chi connectivity index (χ0v) is 14.1. The third-order valence-electron chi connectivity index (χ3n) is 3.93. The summed E-state index contributed by atoms with van der Waals surface area (Å²) in [5, 5.41) is 3.88. The number of hydrogen-bond acceptors (Lipinski definition) is 5. The lowest BCUT2D eigenvalue weighted by molar-refractivity contribution is -0.133. The highest BCUT2D eigenvalue weighted by Gasteiger charge is 2.29. The highest BCUT2D eigenvalue weighted by Crippen LogP contribution is 2.27. The Balaban J connectivity index is 1.56. The molecule has 1 saturated heterocycles. The van der Waals surface area contributed by atoms with Gasteiger partial charge in [-0.15, -0.1) is 11.8 Å². The molecule has 1 amide bonds. The minimum absolute atomic E-state index is 0.00978. The van der Waals surface area contributed by atoms with E-state index in [2.05, 4.69) is 22.3 Å². The number of rotatable bonds is 6. The first kappa shape index (κ1) is 16.1. The topological polar surface area (TPSA) is 59.2 Å². The third-order valence-corrected chi connectivity index (χ3v) is 5.19. The summed E-state index contributed by atoms with van der Waals surface area (Å²) in [6, 6.07) is 10.1. The SMILES string of the molecule is CCc1noc(CSC2CCCN(Cc3ccccc3)C2=O)n1. The Morgan fingerprint density at radius 2 is 2.17 bits per heavy atom. The Morgan fingerprint density at radius 3 is 2.91 bits per heavy atom. The Morgan fingerprint density at radius 1 is 1.35 bits per heavy atom. The van der Waals surface area contributed by atoms with E-state index < -0.39 is 0 Å². The molecule has 0 radical (unpaired) electrons. The van der Waals surface area contributed by atoms with Gasteiger partial charge in [-0.3, -0.25) is 4.79 Å². The third kappa shape index (κ3) is 4.13. The number of carbonyl (C=O) groups excluding carboxylic acids is 1. The van der Waals surface area contributed by atoms with Crippen LogP contribution in [0.25, 0.3) is 0 Å². The van der Waals surface area contributed by atoms with E-state index in [0.717, 1.165) is 31.6 Å². The maximum Gasteiger partial charge on any atom is 0.236 e. The molecule has 0 N–H and O–H groups in total. The van der Waals surface area contributed by atoms with E-state index in [1.165, 1.54) is 5.56 Å². The lowest BCUT2D eigenvalue weighted by Gasteiger charge is -2.31. The number of piperidine rings is 1. The van der Waals surface area contributed by atoms with Gasteiger partial charge in [0.05, 0.1) is 11.0 Å². The van der Waals surface area contributed by atoms with Crippen molar-refractivity contribution in [1.29, 1.82) is 0 Å². The molecule has 2 heterocycles. The molecular formula is C17H21N3O2S. The predicted molar refractivity (Wildman–Crippen MR) is 89.9 cm³/mol. The van der Waals surface area contributed by atoms with E-state index >= 15 is 0 Å². The van der Waals surface area contributed by atoms with Crippen LogP contribution in [-0.4, -0.2) is 32.7 Å². The van der Waals surface area contributed by atoms with Crippen LogP contribution >= 0.6 is 11.8 Å². The van der Waals surface area contributed by atoms with Crippen LogP contribution in [0.2, 0.25) is 0 Å². The van der Waals surface area contributed by atoms with Crippen molar-refractivity contribution in [3.05, 3.63) is 47.6 Å². The van der Waals surface area contributed by atoms with E-state index in [0.29, 0.717) is 18.2 Å². The number of benzene rings is 1. The van der Waals surface area contributed by atoms with Crippen molar-refractivity contribution in [2.24, 2.45) is 0 Å². The quantitative estimate of drug-likeness (QED) is 0.814. The van der Waals surface area contributed by atoms with Crippen LogP contribution in [0.4, 0.5) is 0 Å². The van der Waals surface area contributed by atoms with Gasteiger partial charge in [-0.2, -0.15) is 4.98 Å². The second kappa shape index (κ2) is 7.64. The van der Waals surface area contributed by atoms with E-state index in [1.807, 2.05) is 30.0 Å². The van der Waals surface area contributed by atoms with Crippen molar-refractivity contribution in [3.8, 4) is 0 Å². The number of aryl methyl sites for hydroxylation is 1. The summed E-state index contributed by atoms with van der Waals surface area (Å²) in [4.78, 5) is 18.9. The van der Waals surface area contributed by atoms with E-state index in [4.69, 9.17) is 4.52 Å². The Hall–Kier alpha value is -1.82. The van der Waals surface area contributed by atoms with Crippen LogP contribution in [0.5, 0.6) is 0 Å². The van der Waals surface area contributed by atoms with Gasteiger partial charge < -0.3 is 9.42 Å². The van der Waals surface area contributed by atoms with Crippen LogP contribution in [0.15, 0.2) is 34.9 Å². The number of nitrogens with zero attached hydrogens (tertiary/aromatic N) is 3. The summed E-state index contributed by atoms with van der Waals surface area (Å²) in [5.41, 5.74) is 1.18. The minimum atomic E-state index is -0.00978. The fourth-order valence-corrected chi connectivity index (χ4v) is 3.77. The molecule has 0 spiro atoms. The van der Waals surface area contributed by atoms with Crippen LogP contribution in [0, 0.1) is 0 Å². The van der Waals surface area contributed by atoms with E-state index in [-0.39, 0.29) is 11.2 Å². The van der Waals surface area contributed by atoms with Crippen LogP contribution in [0.1, 0.15) is 37.0 Å². The molecule has 0 aliphatic carbocycles. The summed E-state index contributed by atoms with van der Waals surface area (Å²) < 4.78 is 5.20. The lowest BCUT2D eigenvalue weighted by atomic mass is 10.1. The van der Waals surface area contributed by atoms with Crippen molar-refractivity contribution in [2.75, 3.05) is 6.54 Å². The summed E-state index contributed by atoms with van der Waals surface area (Å²) in [5.74, 6) is 2.16. The number of likely N-dealkylation sites (tertiary alicyclic amines) is 1. The zero-order chi connectivity index (χ0) is 16.1. The Labute approximate surface area is 140 Å². The van der Waals surface area contributed by atoms with Gasteiger partial charge in [0.25, 0.3) is 0 Å². The molecule has 2 aromatic rings. The number of amides is 1. The van der Waals surface area contributed by atoms with Crippen molar-refractivity contribution in [2.45, 2.75) is 43.7 Å². The molecule has 1 fully saturated rings. The normalized spacial score (nSPS) is 18.4. The summed E-state index contributed by atoms with van der Waals surface area (Å²) in [7, 11) is 0. The predicted octanol–water partition coefficient (Wildman–Crippen LogP) is 3.06. The van der Waals surface area contributed by atoms with Crippen molar-refractivity contribution in [1.82, 2.24) is 15.0 Å². The van der Waals surface area contributed by atoms with Crippen LogP contribution in [-0.2, 0) is 23.5 Å². The summed E-state index contributed by atoms with van der Waals surface area (Å²) in [6.07, 6.45) is 2.73. The maximum atomic E-state index is 12.7. The molecule has 1 unspecified atom stereocenters. The molecule has 1 aliphatic heterocycles. The average Bonchev–Trinajstić information content (AvgIpc) is 3.05. The van der Waals surface area contributed by atoms with Gasteiger partial charge in [-0.25, -0.2) is 0 Å². The molecule has 23 heavy (non-hydrogen) atoms. The van der Waals surface area contributed by atoms with Crippen molar-refractivity contribution in [3.63, 3.8) is 0 Å². The van der Waals surface area contributed by atoms with Gasteiger partial charge in [0.2, 0.25) is 11.8 Å². The standard InChI is InChI=1S/C17H21N3O2S/c1-2-15-18-16(22-19-15)12-23-14-9-6-10-20(17(14)21)11-13-7-4-3-5-8-13/h3-5,7-8,14H,2,6,9-12H2,1H3. The second-order valence-corrected chi connectivity index (χ2v) is 6.84. The second-order valence-electron chi connectivity index (χ2n) is 5.65. The molecule has 1 aliphatic rings. The first-order valence-corrected chi connectivity index (χ1v) is 9.07. The highest BCUT2D eigenvalue weighted by atomic mass is 32.2. The molecular weight excluding hydrogens is 310 g/mol. The Kier molecular flexibility index (Phi) is 5.33. The van der Waals surface area contributed by atoms with Gasteiger partial charge in [0, 0.05) is 19.5 Å². The molecule has 1 atom stereocenters. The minimum Gasteiger partial charge on any atom is -0.338 e. The Bertz CT molecular complexity index is 644. The summed E-state index contributed by atoms with van der Waals surface area (Å²) in [6.45, 7) is 3.52. The molecule has 1 aromatic heterocycles. The fraction of sp³-hybridized carbons (Fsp3) is 0.471. The van der Waals surface area contributed by atoms with Gasteiger partial charge in [0.15, 0.2) is 5.82 Å². The van der Waals surface area contributed by atoms with E-state index in [9.17, 15) is 4.79 Å². The van der Waals surface area contributed by atoms with Crippen LogP contribution < -0.4 is 0 Å². The molecule has 122 valence electrons. The highest BCUT2D eigenvalue weighted by molar-refractivity contribution is 7.99. The molecule has 3 rings (SSSR count). The van der Waals surface area contributed by atoms with Crippen LogP contribution in [0.3, 0.4) is 0 Å². The monoisotopic (exact) mass is 331 g/mol. The number of carbonyl (C=O) groups is 1. The van der Waals surface area contributed by atoms with Gasteiger partial charge in [0.1, 0.15) is 0 Å². The summed E-state index contributed by atoms with van der Waals surface area (Å²) >= 11 is 1.61. The van der Waals surface area contributed by atoms with Gasteiger partial charge in [-0.1, -0.05) is 42.4 Å². The first-order chi connectivity index (χ1) is 11.3. The molecule has 5 nitrogen and oxygen atoms in total. The maximum absolute atomic E-state index is 12.7. The lowest BCUT2D eigenvalue weighted by Crippen LogP contribution is -2.42. The smallest absolute Gasteiger partial charge is 0.236 e. The first-order valence-electron chi connectivity index (χ1n) is 8.02. The zero-order valence-electron chi connectivity index (χ0n) is 13.3. The van der Waals surface area contributed by atoms with Crippen molar-refractivity contribution < 1.29 is 9.32 Å². The fourth-order valence-electron chi connectivity index (χ4n) is 2.68. The average molecular weight is 331 g/mol. The van der Waals surface area contributed by atoms with Gasteiger partial charge >= 0.3 is 0 Å². The molecule has 0 bridgehead atoms. The van der Waals surface area contributed by atoms with Crippen molar-refractivity contribution >= 4 is 17.7 Å². The van der Waals surface area contributed by atoms with Gasteiger partial charge in [-0.05, 0) is 18.4 Å².